The molecule has 0 bridgehead atoms. The predicted octanol–water partition coefficient (Wildman–Crippen LogP) is 0.259. The van der Waals surface area contributed by atoms with Crippen LogP contribution in [0.25, 0.3) is 0 Å². The molecule has 96 valence electrons. The highest BCUT2D eigenvalue weighted by molar-refractivity contribution is 6.02. The van der Waals surface area contributed by atoms with E-state index in [0.29, 0.717) is 0 Å². The summed E-state index contributed by atoms with van der Waals surface area (Å²) in [4.78, 5) is 24.3. The highest BCUT2D eigenvalue weighted by atomic mass is 16.2. The highest BCUT2D eigenvalue weighted by Crippen LogP contribution is 2.16. The summed E-state index contributed by atoms with van der Waals surface area (Å²) in [5, 5.41) is 5.53. The number of nitrogens with one attached hydrogen (secondary N) is 2. The van der Waals surface area contributed by atoms with E-state index in [2.05, 4.69) is 17.6 Å². The Morgan fingerprint density at radius 3 is 2.33 bits per heavy atom. The molecule has 0 unspecified atom stereocenters. The molecule has 0 radical (unpaired) electrons. The molecule has 2 rings (SSSR count). The van der Waals surface area contributed by atoms with Crippen LogP contribution in [0.5, 0.6) is 0 Å². The van der Waals surface area contributed by atoms with Gasteiger partial charge in [0, 0.05) is 12.2 Å². The van der Waals surface area contributed by atoms with Gasteiger partial charge in [0.15, 0.2) is 0 Å². The van der Waals surface area contributed by atoms with E-state index in [1.54, 1.807) is 4.90 Å². The van der Waals surface area contributed by atoms with E-state index in [9.17, 15) is 9.59 Å². The molecule has 1 aliphatic heterocycles. The second-order valence-corrected chi connectivity index (χ2v) is 4.27. The van der Waals surface area contributed by atoms with Crippen molar-refractivity contribution in [3.63, 3.8) is 0 Å². The van der Waals surface area contributed by atoms with Crippen molar-refractivity contribution in [1.82, 2.24) is 10.6 Å². The Labute approximate surface area is 106 Å². The summed E-state index contributed by atoms with van der Waals surface area (Å²) >= 11 is 0. The SMILES string of the molecule is CCNCc1ccc(N2CC(=O)NC(=O)C2)cc1. The topological polar surface area (TPSA) is 61.4 Å². The number of carbonyl (C=O) groups excluding carboxylic acids is 2. The summed E-state index contributed by atoms with van der Waals surface area (Å²) in [6.45, 7) is 4.29. The zero-order valence-electron chi connectivity index (χ0n) is 10.4. The smallest absolute Gasteiger partial charge is 0.246 e. The lowest BCUT2D eigenvalue weighted by Crippen LogP contribution is -2.51. The van der Waals surface area contributed by atoms with E-state index >= 15 is 0 Å². The average Bonchev–Trinajstić information content (AvgIpc) is 2.36. The fraction of sp³-hybridized carbons (Fsp3) is 0.385. The van der Waals surface area contributed by atoms with Crippen molar-refractivity contribution in [3.8, 4) is 0 Å². The molecule has 1 aliphatic rings. The Bertz CT molecular complexity index is 426. The molecule has 0 saturated carbocycles. The lowest BCUT2D eigenvalue weighted by Gasteiger charge is -2.27. The van der Waals surface area contributed by atoms with Gasteiger partial charge in [-0.3, -0.25) is 14.9 Å². The molecular weight excluding hydrogens is 230 g/mol. The van der Waals surface area contributed by atoms with E-state index in [0.717, 1.165) is 18.8 Å². The van der Waals surface area contributed by atoms with Crippen LogP contribution in [0, 0.1) is 0 Å². The number of hydrogen-bond donors (Lipinski definition) is 2. The van der Waals surface area contributed by atoms with Crippen LogP contribution in [0.1, 0.15) is 12.5 Å². The van der Waals surface area contributed by atoms with Crippen molar-refractivity contribution >= 4 is 17.5 Å². The van der Waals surface area contributed by atoms with Crippen molar-refractivity contribution < 1.29 is 9.59 Å². The van der Waals surface area contributed by atoms with Gasteiger partial charge in [0.1, 0.15) is 0 Å². The third-order valence-corrected chi connectivity index (χ3v) is 2.83. The standard InChI is InChI=1S/C13H17N3O2/c1-2-14-7-10-3-5-11(6-4-10)16-8-12(17)15-13(18)9-16/h3-6,14H,2,7-9H2,1H3,(H,15,17,18). The third kappa shape index (κ3) is 3.07. The quantitative estimate of drug-likeness (QED) is 0.749. The van der Waals surface area contributed by atoms with Crippen LogP contribution in [0.15, 0.2) is 24.3 Å². The van der Waals surface area contributed by atoms with E-state index in [1.165, 1.54) is 5.56 Å². The molecule has 1 fully saturated rings. The van der Waals surface area contributed by atoms with Gasteiger partial charge >= 0.3 is 0 Å². The van der Waals surface area contributed by atoms with Crippen LogP contribution in [0.2, 0.25) is 0 Å². The summed E-state index contributed by atoms with van der Waals surface area (Å²) in [6.07, 6.45) is 0. The summed E-state index contributed by atoms with van der Waals surface area (Å²) in [5.41, 5.74) is 2.09. The molecule has 5 nitrogen and oxygen atoms in total. The van der Waals surface area contributed by atoms with Gasteiger partial charge in [0.2, 0.25) is 11.8 Å². The van der Waals surface area contributed by atoms with Crippen molar-refractivity contribution in [2.45, 2.75) is 13.5 Å². The van der Waals surface area contributed by atoms with E-state index < -0.39 is 0 Å². The third-order valence-electron chi connectivity index (χ3n) is 2.83. The first-order valence-electron chi connectivity index (χ1n) is 6.06. The monoisotopic (exact) mass is 247 g/mol. The van der Waals surface area contributed by atoms with Crippen molar-refractivity contribution in [2.24, 2.45) is 0 Å². The van der Waals surface area contributed by atoms with Gasteiger partial charge in [0.25, 0.3) is 0 Å². The van der Waals surface area contributed by atoms with Crippen LogP contribution in [-0.2, 0) is 16.1 Å². The molecule has 0 spiro atoms. The van der Waals surface area contributed by atoms with Crippen LogP contribution in [0.3, 0.4) is 0 Å². The van der Waals surface area contributed by atoms with Crippen molar-refractivity contribution in [3.05, 3.63) is 29.8 Å². The van der Waals surface area contributed by atoms with Crippen LogP contribution >= 0.6 is 0 Å². The second-order valence-electron chi connectivity index (χ2n) is 4.27. The Kier molecular flexibility index (Phi) is 3.94. The van der Waals surface area contributed by atoms with Crippen molar-refractivity contribution in [1.29, 1.82) is 0 Å². The predicted molar refractivity (Wildman–Crippen MR) is 69.2 cm³/mol. The molecule has 1 aromatic carbocycles. The lowest BCUT2D eigenvalue weighted by atomic mass is 10.2. The van der Waals surface area contributed by atoms with Crippen LogP contribution in [-0.4, -0.2) is 31.4 Å². The van der Waals surface area contributed by atoms with Crippen molar-refractivity contribution in [2.75, 3.05) is 24.5 Å². The minimum Gasteiger partial charge on any atom is -0.353 e. The molecule has 1 aromatic rings. The van der Waals surface area contributed by atoms with Crippen LogP contribution < -0.4 is 15.5 Å². The molecule has 1 saturated heterocycles. The van der Waals surface area contributed by atoms with E-state index in [1.807, 2.05) is 24.3 Å². The molecule has 2 amide bonds. The summed E-state index contributed by atoms with van der Waals surface area (Å²) in [7, 11) is 0. The summed E-state index contributed by atoms with van der Waals surface area (Å²) < 4.78 is 0. The Balaban J connectivity index is 2.04. The van der Waals surface area contributed by atoms with Gasteiger partial charge in [-0.2, -0.15) is 0 Å². The molecule has 2 N–H and O–H groups in total. The zero-order chi connectivity index (χ0) is 13.0. The molecule has 18 heavy (non-hydrogen) atoms. The second kappa shape index (κ2) is 5.64. The maximum Gasteiger partial charge on any atom is 0.246 e. The number of benzene rings is 1. The van der Waals surface area contributed by atoms with Gasteiger partial charge in [-0.05, 0) is 24.2 Å². The number of amides is 2. The number of imide groups is 1. The number of nitrogens with zero attached hydrogens (tertiary/aromatic N) is 1. The Hall–Kier alpha value is -1.88. The van der Waals surface area contributed by atoms with Gasteiger partial charge in [-0.25, -0.2) is 0 Å². The van der Waals surface area contributed by atoms with Gasteiger partial charge in [0.05, 0.1) is 13.1 Å². The number of piperazine rings is 1. The normalized spacial score (nSPS) is 15.7. The number of rotatable bonds is 4. The fourth-order valence-electron chi connectivity index (χ4n) is 1.91. The van der Waals surface area contributed by atoms with E-state index in [4.69, 9.17) is 0 Å². The Morgan fingerprint density at radius 2 is 1.78 bits per heavy atom. The molecule has 5 heteroatoms. The van der Waals surface area contributed by atoms with Gasteiger partial charge in [-0.1, -0.05) is 19.1 Å². The first-order chi connectivity index (χ1) is 8.69. The van der Waals surface area contributed by atoms with E-state index in [-0.39, 0.29) is 24.9 Å². The molecule has 0 aliphatic carbocycles. The first kappa shape index (κ1) is 12.6. The largest absolute Gasteiger partial charge is 0.353 e. The minimum absolute atomic E-state index is 0.234. The molecule has 0 aromatic heterocycles. The highest BCUT2D eigenvalue weighted by Gasteiger charge is 2.22. The maximum atomic E-state index is 11.3. The van der Waals surface area contributed by atoms with Gasteiger partial charge in [-0.15, -0.1) is 0 Å². The first-order valence-corrected chi connectivity index (χ1v) is 6.06. The van der Waals surface area contributed by atoms with Crippen LogP contribution in [0.4, 0.5) is 5.69 Å². The molecule has 1 heterocycles. The van der Waals surface area contributed by atoms with Gasteiger partial charge < -0.3 is 10.2 Å². The fourth-order valence-corrected chi connectivity index (χ4v) is 1.91. The Morgan fingerprint density at radius 1 is 1.17 bits per heavy atom. The summed E-state index contributed by atoms with van der Waals surface area (Å²) in [5.74, 6) is -0.494. The summed E-state index contributed by atoms with van der Waals surface area (Å²) in [6, 6.07) is 7.90. The molecule has 0 atom stereocenters. The number of anilines is 1. The lowest BCUT2D eigenvalue weighted by molar-refractivity contribution is -0.130. The zero-order valence-corrected chi connectivity index (χ0v) is 10.4. The average molecular weight is 247 g/mol. The maximum absolute atomic E-state index is 11.3. The number of carbonyl (C=O) groups is 2. The molecular formula is C13H17N3O2. The number of hydrogen-bond acceptors (Lipinski definition) is 4. The minimum atomic E-state index is -0.247.